The van der Waals surface area contributed by atoms with E-state index in [4.69, 9.17) is 0 Å². The molecule has 0 saturated carbocycles. The van der Waals surface area contributed by atoms with Gasteiger partial charge in [0.15, 0.2) is 5.13 Å². The van der Waals surface area contributed by atoms with Gasteiger partial charge in [-0.1, -0.05) is 66.7 Å². The number of para-hydroxylation sites is 2. The summed E-state index contributed by atoms with van der Waals surface area (Å²) >= 11 is 1.41. The highest BCUT2D eigenvalue weighted by Crippen LogP contribution is 2.18. The highest BCUT2D eigenvalue weighted by atomic mass is 32.1. The zero-order valence-electron chi connectivity index (χ0n) is 24.9. The number of nitrogens with zero attached hydrogens (tertiary/aromatic N) is 1. The van der Waals surface area contributed by atoms with E-state index in [1.807, 2.05) is 98.1 Å². The van der Waals surface area contributed by atoms with Crippen LogP contribution >= 0.6 is 11.3 Å². The minimum absolute atomic E-state index is 0.00820. The molecule has 0 aliphatic carbocycles. The number of hydrogen-bond donors (Lipinski definition) is 4. The van der Waals surface area contributed by atoms with E-state index in [2.05, 4.69) is 26.3 Å². The first kappa shape index (κ1) is 35.2. The van der Waals surface area contributed by atoms with Crippen LogP contribution in [0, 0.1) is 13.8 Å². The van der Waals surface area contributed by atoms with Gasteiger partial charge >= 0.3 is 0 Å². The molecule has 9 nitrogen and oxygen atoms in total. The second-order valence-corrected chi connectivity index (χ2v) is 9.80. The van der Waals surface area contributed by atoms with Crippen molar-refractivity contribution in [1.29, 1.82) is 0 Å². The summed E-state index contributed by atoms with van der Waals surface area (Å²) in [6.45, 7) is 10.6. The molecule has 1 heterocycles. The summed E-state index contributed by atoms with van der Waals surface area (Å²) < 4.78 is 0. The summed E-state index contributed by atoms with van der Waals surface area (Å²) in [6.07, 6.45) is 1.65. The second kappa shape index (κ2) is 20.1. The maximum absolute atomic E-state index is 10.8. The molecular weight excluding hydrogens is 550 g/mol. The average molecular weight is 590 g/mol. The van der Waals surface area contributed by atoms with Gasteiger partial charge in [0.05, 0.1) is 0 Å². The number of rotatable bonds is 5. The molecule has 0 aliphatic heterocycles. The molecule has 0 atom stereocenters. The smallest absolute Gasteiger partial charge is 0.223 e. The molecule has 0 saturated heterocycles. The van der Waals surface area contributed by atoms with Gasteiger partial charge in [-0.25, -0.2) is 4.98 Å². The van der Waals surface area contributed by atoms with Crippen LogP contribution in [0.4, 0.5) is 16.5 Å². The van der Waals surface area contributed by atoms with Crippen LogP contribution in [0.2, 0.25) is 0 Å². The van der Waals surface area contributed by atoms with Gasteiger partial charge in [-0.2, -0.15) is 0 Å². The van der Waals surface area contributed by atoms with Gasteiger partial charge in [0.2, 0.25) is 23.6 Å². The summed E-state index contributed by atoms with van der Waals surface area (Å²) in [5, 5.41) is 13.2. The summed E-state index contributed by atoms with van der Waals surface area (Å²) in [5.41, 5.74) is 5.11. The van der Waals surface area contributed by atoms with Crippen molar-refractivity contribution >= 4 is 51.5 Å². The molecule has 0 bridgehead atoms. The van der Waals surface area contributed by atoms with Crippen LogP contribution in [0.25, 0.3) is 0 Å². The molecule has 4 rings (SSSR count). The number of aromatic nitrogens is 1. The lowest BCUT2D eigenvalue weighted by atomic mass is 10.1. The number of anilines is 3. The monoisotopic (exact) mass is 589 g/mol. The number of thiazole rings is 1. The van der Waals surface area contributed by atoms with Crippen LogP contribution in [0.1, 0.15) is 44.4 Å². The summed E-state index contributed by atoms with van der Waals surface area (Å²) in [7, 11) is 0. The van der Waals surface area contributed by atoms with Gasteiger partial charge < -0.3 is 21.3 Å². The summed E-state index contributed by atoms with van der Waals surface area (Å²) in [4.78, 5) is 46.0. The Morgan fingerprint density at radius 2 is 1.17 bits per heavy atom. The number of carbonyl (C=O) groups is 4. The number of aryl methyl sites for hydroxylation is 2. The maximum Gasteiger partial charge on any atom is 0.223 e. The van der Waals surface area contributed by atoms with Crippen molar-refractivity contribution in [3.8, 4) is 0 Å². The molecule has 222 valence electrons. The standard InChI is InChI=1S/C10H13NO.C9H11NO.C8H9NO.C5H6N2OS/c1-7-5-4-6-8(2)10(7)11-9(3)12;1-8(11)10-7-9-5-3-2-4-6-9;1-7(10)9-8-5-3-2-4-6-8;1-4(8)7-5-6-2-3-9-5/h4-6H,1-3H3,(H,11,12);2-6H,7H2,1H3,(H,10,11);2-6H,1H3,(H,9,10);2-3H,1H3,(H,6,7,8). The van der Waals surface area contributed by atoms with Gasteiger partial charge in [0.1, 0.15) is 0 Å². The molecule has 10 heteroatoms. The largest absolute Gasteiger partial charge is 0.352 e. The van der Waals surface area contributed by atoms with Crippen molar-refractivity contribution in [2.75, 3.05) is 16.0 Å². The molecule has 0 aliphatic rings. The van der Waals surface area contributed by atoms with Crippen molar-refractivity contribution in [1.82, 2.24) is 10.3 Å². The Hall–Kier alpha value is -4.83. The first-order valence-corrected chi connectivity index (χ1v) is 14.0. The van der Waals surface area contributed by atoms with Crippen LogP contribution in [-0.2, 0) is 25.7 Å². The minimum atomic E-state index is -0.0787. The number of nitrogens with one attached hydrogen (secondary N) is 4. The molecular formula is C32H39N5O4S. The van der Waals surface area contributed by atoms with E-state index in [-0.39, 0.29) is 23.6 Å². The Bertz CT molecular complexity index is 1360. The molecule has 4 N–H and O–H groups in total. The van der Waals surface area contributed by atoms with Gasteiger partial charge in [-0.3, -0.25) is 19.2 Å². The predicted molar refractivity (Wildman–Crippen MR) is 171 cm³/mol. The minimum Gasteiger partial charge on any atom is -0.352 e. The third-order valence-electron chi connectivity index (χ3n) is 4.98. The molecule has 4 aromatic rings. The van der Waals surface area contributed by atoms with E-state index in [1.54, 1.807) is 6.20 Å². The molecule has 0 unspecified atom stereocenters. The van der Waals surface area contributed by atoms with Crippen LogP contribution < -0.4 is 21.3 Å². The lowest BCUT2D eigenvalue weighted by Crippen LogP contribution is -2.18. The molecule has 0 radical (unpaired) electrons. The quantitative estimate of drug-likeness (QED) is 0.216. The van der Waals surface area contributed by atoms with Crippen LogP contribution in [0.3, 0.4) is 0 Å². The molecule has 4 amide bonds. The fourth-order valence-electron chi connectivity index (χ4n) is 3.17. The Kier molecular flexibility index (Phi) is 16.9. The third-order valence-corrected chi connectivity index (χ3v) is 5.66. The van der Waals surface area contributed by atoms with E-state index in [1.165, 1.54) is 39.0 Å². The van der Waals surface area contributed by atoms with Crippen LogP contribution in [0.15, 0.2) is 90.4 Å². The average Bonchev–Trinajstić information content (AvgIpc) is 3.44. The number of hydrogen-bond acceptors (Lipinski definition) is 6. The number of amides is 4. The van der Waals surface area contributed by atoms with Gasteiger partial charge in [0.25, 0.3) is 0 Å². The van der Waals surface area contributed by atoms with E-state index < -0.39 is 0 Å². The first-order valence-electron chi connectivity index (χ1n) is 13.1. The normalized spacial score (nSPS) is 9.19. The SMILES string of the molecule is CC(=O)NCc1ccccc1.CC(=O)Nc1c(C)cccc1C.CC(=O)Nc1ccccc1.CC(=O)Nc1nccs1. The molecule has 0 fully saturated rings. The Balaban J connectivity index is 0.000000281. The van der Waals surface area contributed by atoms with Gasteiger partial charge in [0, 0.05) is 57.2 Å². The molecule has 42 heavy (non-hydrogen) atoms. The fraction of sp³-hybridized carbons (Fsp3) is 0.219. The number of carbonyl (C=O) groups excluding carboxylic acids is 4. The zero-order valence-corrected chi connectivity index (χ0v) is 25.7. The second-order valence-electron chi connectivity index (χ2n) is 8.91. The lowest BCUT2D eigenvalue weighted by molar-refractivity contribution is -0.119. The molecule has 1 aromatic heterocycles. The van der Waals surface area contributed by atoms with Crippen molar-refractivity contribution < 1.29 is 19.2 Å². The zero-order chi connectivity index (χ0) is 31.3. The van der Waals surface area contributed by atoms with Gasteiger partial charge in [-0.05, 0) is 42.7 Å². The maximum atomic E-state index is 10.8. The Labute approximate surface area is 251 Å². The van der Waals surface area contributed by atoms with E-state index in [0.29, 0.717) is 11.7 Å². The van der Waals surface area contributed by atoms with Crippen molar-refractivity contribution in [2.24, 2.45) is 0 Å². The summed E-state index contributed by atoms with van der Waals surface area (Å²) in [5.74, 6) is -0.127. The highest BCUT2D eigenvalue weighted by Gasteiger charge is 2.02. The molecule has 3 aromatic carbocycles. The Morgan fingerprint density at radius 3 is 1.62 bits per heavy atom. The van der Waals surface area contributed by atoms with Crippen molar-refractivity contribution in [3.63, 3.8) is 0 Å². The highest BCUT2D eigenvalue weighted by molar-refractivity contribution is 7.13. The predicted octanol–water partition coefficient (Wildman–Crippen LogP) is 6.33. The van der Waals surface area contributed by atoms with Crippen LogP contribution in [-0.4, -0.2) is 28.6 Å². The lowest BCUT2D eigenvalue weighted by Gasteiger charge is -2.08. The topological polar surface area (TPSA) is 129 Å². The first-order chi connectivity index (χ1) is 20.0. The number of benzene rings is 3. The third kappa shape index (κ3) is 17.0. The van der Waals surface area contributed by atoms with Gasteiger partial charge in [-0.15, -0.1) is 11.3 Å². The molecule has 0 spiro atoms. The summed E-state index contributed by atoms with van der Waals surface area (Å²) in [6, 6.07) is 25.1. The van der Waals surface area contributed by atoms with E-state index in [0.717, 1.165) is 28.1 Å². The van der Waals surface area contributed by atoms with Crippen LogP contribution in [0.5, 0.6) is 0 Å². The fourth-order valence-corrected chi connectivity index (χ4v) is 3.75. The van der Waals surface area contributed by atoms with Crippen molar-refractivity contribution in [3.05, 3.63) is 107 Å². The van der Waals surface area contributed by atoms with E-state index in [9.17, 15) is 19.2 Å². The van der Waals surface area contributed by atoms with E-state index >= 15 is 0 Å². The van der Waals surface area contributed by atoms with Crippen molar-refractivity contribution in [2.45, 2.75) is 48.1 Å². The Morgan fingerprint density at radius 1 is 0.643 bits per heavy atom.